The first kappa shape index (κ1) is 13.1. The number of aromatic nitrogens is 2. The number of H-pyrrole nitrogens is 1. The van der Waals surface area contributed by atoms with Crippen molar-refractivity contribution in [1.29, 1.82) is 0 Å². The van der Waals surface area contributed by atoms with Crippen LogP contribution in [0.5, 0.6) is 0 Å². The number of nitrogens with one attached hydrogen (secondary N) is 2. The largest absolute Gasteiger partial charge is 0.345 e. The highest BCUT2D eigenvalue weighted by atomic mass is 16.2. The minimum absolute atomic E-state index is 0.0228. The minimum Gasteiger partial charge on any atom is -0.345 e. The molecule has 5 nitrogen and oxygen atoms in total. The lowest BCUT2D eigenvalue weighted by atomic mass is 10.2. The van der Waals surface area contributed by atoms with Gasteiger partial charge in [-0.3, -0.25) is 9.59 Å². The van der Waals surface area contributed by atoms with Gasteiger partial charge in [0.25, 0.3) is 11.5 Å². The maximum atomic E-state index is 12.1. The van der Waals surface area contributed by atoms with E-state index in [9.17, 15) is 9.59 Å². The van der Waals surface area contributed by atoms with E-state index in [-0.39, 0.29) is 11.4 Å². The standard InChI is InChI=1S/C16H13N3O2/c20-15-12-8-4-5-9-13(12)18-14(19-15)16(21)17-10-11-6-2-1-3-7-11/h1-9H,10H2,(H,17,21)(H,18,19,20). The van der Waals surface area contributed by atoms with Crippen LogP contribution in [0, 0.1) is 0 Å². The molecule has 1 heterocycles. The number of hydrogen-bond acceptors (Lipinski definition) is 3. The van der Waals surface area contributed by atoms with Gasteiger partial charge in [-0.25, -0.2) is 4.98 Å². The fourth-order valence-electron chi connectivity index (χ4n) is 2.06. The Bertz CT molecular complexity index is 841. The van der Waals surface area contributed by atoms with E-state index in [1.54, 1.807) is 24.3 Å². The molecule has 0 atom stereocenters. The Morgan fingerprint density at radius 3 is 2.57 bits per heavy atom. The predicted molar refractivity (Wildman–Crippen MR) is 80.0 cm³/mol. The molecule has 0 saturated heterocycles. The third-order valence-corrected chi connectivity index (χ3v) is 3.12. The van der Waals surface area contributed by atoms with Gasteiger partial charge in [-0.05, 0) is 17.7 Å². The van der Waals surface area contributed by atoms with Crippen LogP contribution in [0.15, 0.2) is 59.4 Å². The van der Waals surface area contributed by atoms with E-state index in [0.717, 1.165) is 5.56 Å². The fourth-order valence-corrected chi connectivity index (χ4v) is 2.06. The molecule has 1 aromatic heterocycles. The third kappa shape index (κ3) is 2.81. The maximum absolute atomic E-state index is 12.1. The van der Waals surface area contributed by atoms with Gasteiger partial charge in [-0.1, -0.05) is 42.5 Å². The molecular weight excluding hydrogens is 266 g/mol. The molecule has 0 aliphatic rings. The van der Waals surface area contributed by atoms with Crippen molar-refractivity contribution < 1.29 is 4.79 Å². The Kier molecular flexibility index (Phi) is 3.47. The third-order valence-electron chi connectivity index (χ3n) is 3.12. The first-order valence-corrected chi connectivity index (χ1v) is 6.55. The van der Waals surface area contributed by atoms with Gasteiger partial charge >= 0.3 is 0 Å². The van der Waals surface area contributed by atoms with Gasteiger partial charge in [-0.2, -0.15) is 0 Å². The minimum atomic E-state index is -0.401. The second-order valence-electron chi connectivity index (χ2n) is 4.60. The number of carbonyl (C=O) groups is 1. The number of carbonyl (C=O) groups excluding carboxylic acids is 1. The molecule has 0 radical (unpaired) electrons. The summed E-state index contributed by atoms with van der Waals surface area (Å²) in [4.78, 5) is 30.7. The molecule has 0 bridgehead atoms. The molecule has 0 aliphatic carbocycles. The zero-order chi connectivity index (χ0) is 14.7. The first-order chi connectivity index (χ1) is 10.2. The van der Waals surface area contributed by atoms with E-state index in [2.05, 4.69) is 15.3 Å². The summed E-state index contributed by atoms with van der Waals surface area (Å²) in [6.45, 7) is 0.385. The smallest absolute Gasteiger partial charge is 0.287 e. The number of aromatic amines is 1. The Hall–Kier alpha value is -2.95. The number of fused-ring (bicyclic) bond motifs is 1. The average Bonchev–Trinajstić information content (AvgIpc) is 2.53. The Morgan fingerprint density at radius 2 is 1.76 bits per heavy atom. The summed E-state index contributed by atoms with van der Waals surface area (Å²) in [5, 5.41) is 3.21. The van der Waals surface area contributed by atoms with Crippen molar-refractivity contribution >= 4 is 16.8 Å². The average molecular weight is 279 g/mol. The summed E-state index contributed by atoms with van der Waals surface area (Å²) in [7, 11) is 0. The number of nitrogens with zero attached hydrogens (tertiary/aromatic N) is 1. The van der Waals surface area contributed by atoms with Crippen molar-refractivity contribution in [3.8, 4) is 0 Å². The van der Waals surface area contributed by atoms with Crippen molar-refractivity contribution in [2.24, 2.45) is 0 Å². The molecule has 2 N–H and O–H groups in total. The summed E-state index contributed by atoms with van der Waals surface area (Å²) in [6.07, 6.45) is 0. The summed E-state index contributed by atoms with van der Waals surface area (Å²) in [5.74, 6) is -0.378. The number of rotatable bonds is 3. The monoisotopic (exact) mass is 279 g/mol. The Morgan fingerprint density at radius 1 is 1.05 bits per heavy atom. The molecule has 3 aromatic rings. The molecule has 5 heteroatoms. The zero-order valence-electron chi connectivity index (χ0n) is 11.2. The lowest BCUT2D eigenvalue weighted by Crippen LogP contribution is -2.27. The molecule has 1 amide bonds. The first-order valence-electron chi connectivity index (χ1n) is 6.55. The van der Waals surface area contributed by atoms with Gasteiger partial charge in [0.2, 0.25) is 0 Å². The van der Waals surface area contributed by atoms with Crippen LogP contribution in [0.4, 0.5) is 0 Å². The van der Waals surface area contributed by atoms with Crippen molar-refractivity contribution in [2.45, 2.75) is 6.54 Å². The molecule has 2 aromatic carbocycles. The highest BCUT2D eigenvalue weighted by Crippen LogP contribution is 2.05. The van der Waals surface area contributed by atoms with Gasteiger partial charge in [0.05, 0.1) is 10.9 Å². The molecule has 0 unspecified atom stereocenters. The summed E-state index contributed by atoms with van der Waals surface area (Å²) in [5.41, 5.74) is 1.17. The van der Waals surface area contributed by atoms with Crippen molar-refractivity contribution in [3.05, 3.63) is 76.3 Å². The lowest BCUT2D eigenvalue weighted by Gasteiger charge is -2.05. The molecule has 3 rings (SSSR count). The van der Waals surface area contributed by atoms with E-state index in [0.29, 0.717) is 17.4 Å². The lowest BCUT2D eigenvalue weighted by molar-refractivity contribution is 0.0940. The van der Waals surface area contributed by atoms with Crippen LogP contribution in [-0.4, -0.2) is 15.9 Å². The number of benzene rings is 2. The highest BCUT2D eigenvalue weighted by molar-refractivity contribution is 5.92. The molecular formula is C16H13N3O2. The number of amides is 1. The normalized spacial score (nSPS) is 10.5. The SMILES string of the molecule is O=C(NCc1ccccc1)c1nc2ccccc2c(=O)[nH]1. The molecule has 21 heavy (non-hydrogen) atoms. The molecule has 0 saturated carbocycles. The van der Waals surface area contributed by atoms with E-state index in [1.807, 2.05) is 30.3 Å². The van der Waals surface area contributed by atoms with Gasteiger partial charge in [0.15, 0.2) is 5.82 Å². The summed E-state index contributed by atoms with van der Waals surface area (Å²) in [6, 6.07) is 16.5. The summed E-state index contributed by atoms with van der Waals surface area (Å²) >= 11 is 0. The van der Waals surface area contributed by atoms with Crippen molar-refractivity contribution in [1.82, 2.24) is 15.3 Å². The van der Waals surface area contributed by atoms with E-state index in [4.69, 9.17) is 0 Å². The second-order valence-corrected chi connectivity index (χ2v) is 4.60. The molecule has 0 fully saturated rings. The quantitative estimate of drug-likeness (QED) is 0.768. The van der Waals surface area contributed by atoms with Gasteiger partial charge < -0.3 is 10.3 Å². The van der Waals surface area contributed by atoms with Crippen molar-refractivity contribution in [2.75, 3.05) is 0 Å². The zero-order valence-corrected chi connectivity index (χ0v) is 11.2. The van der Waals surface area contributed by atoms with Gasteiger partial charge in [0, 0.05) is 6.54 Å². The second kappa shape index (κ2) is 5.58. The Balaban J connectivity index is 1.83. The van der Waals surface area contributed by atoms with E-state index >= 15 is 0 Å². The Labute approximate surface area is 120 Å². The van der Waals surface area contributed by atoms with Crippen molar-refractivity contribution in [3.63, 3.8) is 0 Å². The fraction of sp³-hybridized carbons (Fsp3) is 0.0625. The number of para-hydroxylation sites is 1. The highest BCUT2D eigenvalue weighted by Gasteiger charge is 2.10. The molecule has 104 valence electrons. The van der Waals surface area contributed by atoms with Gasteiger partial charge in [-0.15, -0.1) is 0 Å². The topological polar surface area (TPSA) is 74.8 Å². The van der Waals surface area contributed by atoms with Crippen LogP contribution < -0.4 is 10.9 Å². The van der Waals surface area contributed by atoms with Crippen LogP contribution in [-0.2, 0) is 6.54 Å². The van der Waals surface area contributed by atoms with Crippen LogP contribution in [0.3, 0.4) is 0 Å². The molecule has 0 spiro atoms. The van der Waals surface area contributed by atoms with Gasteiger partial charge in [0.1, 0.15) is 0 Å². The van der Waals surface area contributed by atoms with E-state index in [1.165, 1.54) is 0 Å². The predicted octanol–water partition coefficient (Wildman–Crippen LogP) is 1.85. The summed E-state index contributed by atoms with van der Waals surface area (Å²) < 4.78 is 0. The van der Waals surface area contributed by atoms with Crippen LogP contribution in [0.2, 0.25) is 0 Å². The van der Waals surface area contributed by atoms with Crippen LogP contribution in [0.25, 0.3) is 10.9 Å². The van der Waals surface area contributed by atoms with Crippen LogP contribution >= 0.6 is 0 Å². The number of hydrogen-bond donors (Lipinski definition) is 2. The molecule has 0 aliphatic heterocycles. The van der Waals surface area contributed by atoms with E-state index < -0.39 is 5.91 Å². The van der Waals surface area contributed by atoms with Crippen LogP contribution in [0.1, 0.15) is 16.2 Å². The maximum Gasteiger partial charge on any atom is 0.287 e.